The lowest BCUT2D eigenvalue weighted by atomic mass is 9.88. The van der Waals surface area contributed by atoms with Gasteiger partial charge in [-0.05, 0) is 86.8 Å². The molecule has 3 fully saturated rings. The fraction of sp³-hybridized carbons (Fsp3) is 0.529. The Kier molecular flexibility index (Phi) is 10.5. The van der Waals surface area contributed by atoms with Gasteiger partial charge < -0.3 is 24.8 Å². The maximum atomic E-state index is 13.4. The number of benzene rings is 3. The van der Waals surface area contributed by atoms with Crippen molar-refractivity contribution >= 4 is 30.8 Å². The number of aliphatic hydroxyl groups is 1. The van der Waals surface area contributed by atoms with Crippen LogP contribution < -0.4 is 14.8 Å². The van der Waals surface area contributed by atoms with Crippen LogP contribution in [0.15, 0.2) is 76.5 Å². The van der Waals surface area contributed by atoms with Crippen molar-refractivity contribution in [2.24, 2.45) is 0 Å². The van der Waals surface area contributed by atoms with Crippen LogP contribution in [-0.4, -0.2) is 107 Å². The number of aliphatic hydroxyl groups excluding tert-OH is 1. The Morgan fingerprint density at radius 3 is 2.40 bits per heavy atom. The molecule has 0 aromatic heterocycles. The van der Waals surface area contributed by atoms with E-state index in [1.165, 1.54) is 6.07 Å². The maximum Gasteiger partial charge on any atom is 0.243 e. The van der Waals surface area contributed by atoms with Gasteiger partial charge in [-0.3, -0.25) is 0 Å². The Hall–Kier alpha value is -2.62. The van der Waals surface area contributed by atoms with Crippen molar-refractivity contribution in [3.05, 3.63) is 66.7 Å². The molecular weight excluding hydrogens is 641 g/mol. The molecule has 3 aromatic carbocycles. The number of likely N-dealkylation sites (tertiary alicyclic amines) is 1. The van der Waals surface area contributed by atoms with Crippen molar-refractivity contribution in [3.63, 3.8) is 0 Å². The lowest BCUT2D eigenvalue weighted by Gasteiger charge is -2.38. The highest BCUT2D eigenvalue weighted by Gasteiger charge is 2.44. The normalized spacial score (nSPS) is 22.1. The standard InChI is InChI=1S/C34H46N4O7S2/c1-2-37-16-12-28(13-17-37)36-46(40,41)32-9-5-8-31(21-32)44-25-30(39)23-35-29-22-34(45-24-29)14-18-38(19-15-34)47(42,43)33-11-10-26-6-3-4-7-27(26)20-33/h3-11,20-21,28-30,35-36,39H,2,12-19,22-25H2,1H3/t29?,30-/m0/s1. The average Bonchev–Trinajstić information content (AvgIpc) is 3.48. The number of piperidine rings is 2. The van der Waals surface area contributed by atoms with Crippen molar-refractivity contribution in [3.8, 4) is 5.75 Å². The van der Waals surface area contributed by atoms with Gasteiger partial charge in [0, 0.05) is 37.8 Å². The summed E-state index contributed by atoms with van der Waals surface area (Å²) in [6, 6.07) is 19.3. The smallest absolute Gasteiger partial charge is 0.243 e. The Balaban J connectivity index is 0.941. The molecule has 47 heavy (non-hydrogen) atoms. The van der Waals surface area contributed by atoms with E-state index in [4.69, 9.17) is 9.47 Å². The topological polar surface area (TPSA) is 138 Å². The molecule has 13 heteroatoms. The lowest BCUT2D eigenvalue weighted by molar-refractivity contribution is -0.0312. The molecule has 3 heterocycles. The second-order valence-corrected chi connectivity index (χ2v) is 16.6. The van der Waals surface area contributed by atoms with E-state index in [0.717, 1.165) is 49.7 Å². The van der Waals surface area contributed by atoms with Crippen molar-refractivity contribution < 1.29 is 31.4 Å². The van der Waals surface area contributed by atoms with Gasteiger partial charge in [0.1, 0.15) is 18.5 Å². The van der Waals surface area contributed by atoms with Crippen LogP contribution >= 0.6 is 0 Å². The van der Waals surface area contributed by atoms with Crippen LogP contribution in [0.4, 0.5) is 0 Å². The van der Waals surface area contributed by atoms with Gasteiger partial charge in [-0.15, -0.1) is 0 Å². The SMILES string of the molecule is CCN1CCC(NS(=O)(=O)c2cccc(OC[C@@H](O)CNC3COC4(CCN(S(=O)(=O)c5ccc6ccccc6c5)CC4)C3)c2)CC1. The molecule has 0 radical (unpaired) electrons. The highest BCUT2D eigenvalue weighted by Crippen LogP contribution is 2.37. The third-order valence-electron chi connectivity index (χ3n) is 9.76. The molecule has 0 aliphatic carbocycles. The summed E-state index contributed by atoms with van der Waals surface area (Å²) in [5, 5.41) is 15.9. The zero-order valence-electron chi connectivity index (χ0n) is 26.9. The van der Waals surface area contributed by atoms with E-state index in [1.807, 2.05) is 30.3 Å². The maximum absolute atomic E-state index is 13.4. The molecule has 1 unspecified atom stereocenters. The van der Waals surface area contributed by atoms with Crippen molar-refractivity contribution in [2.45, 2.75) is 72.6 Å². The molecule has 11 nitrogen and oxygen atoms in total. The quantitative estimate of drug-likeness (QED) is 0.263. The number of ether oxygens (including phenoxy) is 2. The summed E-state index contributed by atoms with van der Waals surface area (Å²) in [4.78, 5) is 2.76. The summed E-state index contributed by atoms with van der Waals surface area (Å²) < 4.78 is 69.2. The van der Waals surface area contributed by atoms with E-state index < -0.39 is 26.2 Å². The number of nitrogens with zero attached hydrogens (tertiary/aromatic N) is 2. The van der Waals surface area contributed by atoms with Crippen LogP contribution in [0.3, 0.4) is 0 Å². The van der Waals surface area contributed by atoms with E-state index in [1.54, 1.807) is 34.6 Å². The van der Waals surface area contributed by atoms with Crippen LogP contribution in [-0.2, 0) is 24.8 Å². The Morgan fingerprint density at radius 1 is 0.915 bits per heavy atom. The number of sulfonamides is 2. The minimum atomic E-state index is -3.69. The van der Waals surface area contributed by atoms with Crippen LogP contribution in [0.25, 0.3) is 10.8 Å². The first-order chi connectivity index (χ1) is 22.5. The molecule has 0 bridgehead atoms. The fourth-order valence-corrected chi connectivity index (χ4v) is 9.69. The predicted molar refractivity (Wildman–Crippen MR) is 180 cm³/mol. The summed E-state index contributed by atoms with van der Waals surface area (Å²) in [6.45, 7) is 6.37. The van der Waals surface area contributed by atoms with E-state index in [9.17, 15) is 21.9 Å². The Morgan fingerprint density at radius 2 is 1.66 bits per heavy atom. The largest absolute Gasteiger partial charge is 0.491 e. The van der Waals surface area contributed by atoms with E-state index in [0.29, 0.717) is 43.2 Å². The first-order valence-electron chi connectivity index (χ1n) is 16.6. The minimum Gasteiger partial charge on any atom is -0.491 e. The van der Waals surface area contributed by atoms with Gasteiger partial charge >= 0.3 is 0 Å². The number of fused-ring (bicyclic) bond motifs is 1. The molecule has 0 amide bonds. The summed E-state index contributed by atoms with van der Waals surface area (Å²) >= 11 is 0. The summed E-state index contributed by atoms with van der Waals surface area (Å²) in [7, 11) is -7.30. The second kappa shape index (κ2) is 14.5. The molecule has 256 valence electrons. The van der Waals surface area contributed by atoms with Crippen LogP contribution in [0.2, 0.25) is 0 Å². The van der Waals surface area contributed by atoms with Gasteiger partial charge in [-0.25, -0.2) is 21.6 Å². The van der Waals surface area contributed by atoms with E-state index >= 15 is 0 Å². The monoisotopic (exact) mass is 686 g/mol. The molecule has 2 atom stereocenters. The third-order valence-corrected chi connectivity index (χ3v) is 13.2. The van der Waals surface area contributed by atoms with Gasteiger partial charge in [0.15, 0.2) is 0 Å². The Labute approximate surface area is 278 Å². The van der Waals surface area contributed by atoms with Crippen molar-refractivity contribution in [2.75, 3.05) is 52.5 Å². The molecule has 3 saturated heterocycles. The highest BCUT2D eigenvalue weighted by molar-refractivity contribution is 7.89. The zero-order chi connectivity index (χ0) is 33.1. The predicted octanol–water partition coefficient (Wildman–Crippen LogP) is 2.94. The lowest BCUT2D eigenvalue weighted by Crippen LogP contribution is -2.47. The van der Waals surface area contributed by atoms with Gasteiger partial charge in [0.2, 0.25) is 20.0 Å². The fourth-order valence-electron chi connectivity index (χ4n) is 6.87. The number of nitrogens with one attached hydrogen (secondary N) is 2. The van der Waals surface area contributed by atoms with Gasteiger partial charge in [0.25, 0.3) is 0 Å². The summed E-state index contributed by atoms with van der Waals surface area (Å²) in [5.41, 5.74) is -0.387. The van der Waals surface area contributed by atoms with E-state index in [2.05, 4.69) is 21.9 Å². The van der Waals surface area contributed by atoms with Crippen LogP contribution in [0, 0.1) is 0 Å². The first kappa shape index (κ1) is 34.3. The van der Waals surface area contributed by atoms with Gasteiger partial charge in [0.05, 0.1) is 22.0 Å². The van der Waals surface area contributed by atoms with Crippen molar-refractivity contribution in [1.82, 2.24) is 19.2 Å². The molecule has 3 aliphatic rings. The molecule has 3 aliphatic heterocycles. The van der Waals surface area contributed by atoms with Crippen molar-refractivity contribution in [1.29, 1.82) is 0 Å². The number of hydrogen-bond acceptors (Lipinski definition) is 9. The Bertz CT molecular complexity index is 1740. The number of rotatable bonds is 12. The molecular formula is C34H46N4O7S2. The first-order valence-corrected chi connectivity index (χ1v) is 19.5. The third kappa shape index (κ3) is 8.16. The average molecular weight is 687 g/mol. The van der Waals surface area contributed by atoms with Crippen LogP contribution in [0.1, 0.15) is 39.0 Å². The molecule has 1 spiro atoms. The molecule has 6 rings (SSSR count). The summed E-state index contributed by atoms with van der Waals surface area (Å²) in [6.07, 6.45) is 2.69. The molecule has 0 saturated carbocycles. The summed E-state index contributed by atoms with van der Waals surface area (Å²) in [5.74, 6) is 0.376. The second-order valence-electron chi connectivity index (χ2n) is 13.0. The minimum absolute atomic E-state index is 0.000279. The zero-order valence-corrected chi connectivity index (χ0v) is 28.5. The molecule has 3 aromatic rings. The van der Waals surface area contributed by atoms with E-state index in [-0.39, 0.29) is 35.7 Å². The molecule has 3 N–H and O–H groups in total. The van der Waals surface area contributed by atoms with Crippen LogP contribution in [0.5, 0.6) is 5.75 Å². The number of hydrogen-bond donors (Lipinski definition) is 3. The highest BCUT2D eigenvalue weighted by atomic mass is 32.2. The van der Waals surface area contributed by atoms with Gasteiger partial charge in [-0.2, -0.15) is 4.31 Å². The van der Waals surface area contributed by atoms with Gasteiger partial charge in [-0.1, -0.05) is 43.3 Å².